The molecular weight excluding hydrogens is 349 g/mol. The van der Waals surface area contributed by atoms with Crippen molar-refractivity contribution >= 4 is 0 Å². The Morgan fingerprint density at radius 1 is 0.741 bits per heavy atom. The van der Waals surface area contributed by atoms with E-state index < -0.39 is 11.7 Å². The molecule has 0 radical (unpaired) electrons. The molecule has 0 saturated carbocycles. The third-order valence-electron chi connectivity index (χ3n) is 5.01. The first-order valence-electron chi connectivity index (χ1n) is 8.74. The van der Waals surface area contributed by atoms with E-state index in [1.54, 1.807) is 0 Å². The van der Waals surface area contributed by atoms with E-state index >= 15 is 0 Å². The van der Waals surface area contributed by atoms with E-state index in [1.807, 2.05) is 80.7 Å². The molecule has 0 aliphatic carbocycles. The molecule has 0 spiro atoms. The molecule has 0 aliphatic heterocycles. The molecule has 27 heavy (non-hydrogen) atoms. The summed E-state index contributed by atoms with van der Waals surface area (Å²) < 4.78 is 44.8. The minimum Gasteiger partial charge on any atom is -0.201 e. The summed E-state index contributed by atoms with van der Waals surface area (Å²) in [6.45, 7) is 5.73. The first-order chi connectivity index (χ1) is 12.6. The van der Waals surface area contributed by atoms with Gasteiger partial charge in [-0.15, -0.1) is 0 Å². The van der Waals surface area contributed by atoms with Crippen molar-refractivity contribution in [2.75, 3.05) is 0 Å². The highest BCUT2D eigenvalue weighted by Crippen LogP contribution is 2.39. The van der Waals surface area contributed by atoms with E-state index in [1.165, 1.54) is 12.1 Å². The Hall–Kier alpha value is -2.69. The molecule has 2 aromatic heterocycles. The monoisotopic (exact) mass is 372 g/mol. The molecule has 3 rings (SSSR count). The smallest absolute Gasteiger partial charge is 0.201 e. The second kappa shape index (κ2) is 6.80. The van der Waals surface area contributed by atoms with Crippen LogP contribution in [0.1, 0.15) is 22.3 Å². The fourth-order valence-corrected chi connectivity index (χ4v) is 3.67. The summed E-state index contributed by atoms with van der Waals surface area (Å²) in [5, 5.41) is 0. The van der Waals surface area contributed by atoms with E-state index in [0.29, 0.717) is 11.1 Å². The lowest BCUT2D eigenvalue weighted by atomic mass is 9.91. The largest absolute Gasteiger partial charge is 0.416 e. The standard InChI is InChI=1S/C22H23F3N2/c1-14-8-6-10-26(4)20(14)18-12-17(22(23,24)25)13-19(16(18)3)21-15(2)9-7-11-27(21)5/h6-13H,1-5H3/q+2. The molecular formula is C22H23F3N2+2. The lowest BCUT2D eigenvalue weighted by Gasteiger charge is -2.16. The number of aromatic nitrogens is 2. The zero-order valence-corrected chi connectivity index (χ0v) is 16.1. The molecule has 0 atom stereocenters. The molecule has 0 saturated heterocycles. The van der Waals surface area contributed by atoms with E-state index in [9.17, 15) is 13.2 Å². The summed E-state index contributed by atoms with van der Waals surface area (Å²) in [7, 11) is 3.71. The summed E-state index contributed by atoms with van der Waals surface area (Å²) in [5.74, 6) is 0. The van der Waals surface area contributed by atoms with Crippen LogP contribution >= 0.6 is 0 Å². The highest BCUT2D eigenvalue weighted by atomic mass is 19.4. The molecule has 2 nitrogen and oxygen atoms in total. The number of rotatable bonds is 2. The second-order valence-electron chi connectivity index (χ2n) is 7.00. The van der Waals surface area contributed by atoms with Crippen molar-refractivity contribution in [1.82, 2.24) is 0 Å². The van der Waals surface area contributed by atoms with Gasteiger partial charge in [-0.05, 0) is 50.6 Å². The van der Waals surface area contributed by atoms with Gasteiger partial charge in [-0.25, -0.2) is 9.13 Å². The van der Waals surface area contributed by atoms with Gasteiger partial charge in [0.15, 0.2) is 12.4 Å². The van der Waals surface area contributed by atoms with Gasteiger partial charge in [0.1, 0.15) is 14.1 Å². The van der Waals surface area contributed by atoms with Crippen LogP contribution in [-0.2, 0) is 20.3 Å². The Balaban J connectivity index is 2.43. The summed E-state index contributed by atoms with van der Waals surface area (Å²) >= 11 is 0. The van der Waals surface area contributed by atoms with Crippen LogP contribution in [0.3, 0.4) is 0 Å². The SMILES string of the molecule is Cc1ccc[n+](C)c1-c1cc(C(F)(F)F)cc(-c2c(C)ccc[n+]2C)c1C. The molecule has 3 aromatic rings. The van der Waals surface area contributed by atoms with Crippen LogP contribution in [0.25, 0.3) is 22.5 Å². The number of nitrogens with zero attached hydrogens (tertiary/aromatic N) is 2. The van der Waals surface area contributed by atoms with Gasteiger partial charge >= 0.3 is 6.18 Å². The first kappa shape index (κ1) is 19.1. The maximum atomic E-state index is 13.7. The predicted molar refractivity (Wildman–Crippen MR) is 98.9 cm³/mol. The lowest BCUT2D eigenvalue weighted by molar-refractivity contribution is -0.661. The van der Waals surface area contributed by atoms with Crippen LogP contribution in [0.4, 0.5) is 13.2 Å². The van der Waals surface area contributed by atoms with Crippen molar-refractivity contribution in [3.05, 3.63) is 71.0 Å². The topological polar surface area (TPSA) is 7.76 Å². The molecule has 0 bridgehead atoms. The number of benzene rings is 1. The molecule has 0 fully saturated rings. The lowest BCUT2D eigenvalue weighted by Crippen LogP contribution is -2.33. The van der Waals surface area contributed by atoms with Gasteiger partial charge in [-0.2, -0.15) is 13.2 Å². The highest BCUT2D eigenvalue weighted by Gasteiger charge is 2.34. The molecule has 2 heterocycles. The van der Waals surface area contributed by atoms with E-state index in [4.69, 9.17) is 0 Å². The average molecular weight is 372 g/mol. The van der Waals surface area contributed by atoms with Crippen LogP contribution in [0.15, 0.2) is 48.8 Å². The molecule has 5 heteroatoms. The van der Waals surface area contributed by atoms with Crippen LogP contribution in [0.5, 0.6) is 0 Å². The molecule has 0 amide bonds. The fourth-order valence-electron chi connectivity index (χ4n) is 3.67. The van der Waals surface area contributed by atoms with E-state index in [2.05, 4.69) is 0 Å². The zero-order chi connectivity index (χ0) is 19.9. The Bertz CT molecular complexity index is 908. The van der Waals surface area contributed by atoms with Crippen LogP contribution in [-0.4, -0.2) is 0 Å². The van der Waals surface area contributed by atoms with Crippen molar-refractivity contribution in [1.29, 1.82) is 0 Å². The Labute approximate surface area is 157 Å². The van der Waals surface area contributed by atoms with Gasteiger partial charge in [0.2, 0.25) is 11.4 Å². The maximum Gasteiger partial charge on any atom is 0.416 e. The molecule has 140 valence electrons. The minimum absolute atomic E-state index is 0.601. The van der Waals surface area contributed by atoms with Gasteiger partial charge in [-0.1, -0.05) is 0 Å². The van der Waals surface area contributed by atoms with Crippen molar-refractivity contribution in [2.24, 2.45) is 14.1 Å². The average Bonchev–Trinajstić information content (AvgIpc) is 2.56. The quantitative estimate of drug-likeness (QED) is 0.580. The summed E-state index contributed by atoms with van der Waals surface area (Å²) in [6, 6.07) is 10.2. The third kappa shape index (κ3) is 3.46. The number of alkyl halides is 3. The summed E-state index contributed by atoms with van der Waals surface area (Å²) in [5.41, 5.74) is 4.84. The van der Waals surface area contributed by atoms with Crippen LogP contribution in [0, 0.1) is 20.8 Å². The summed E-state index contributed by atoms with van der Waals surface area (Å²) in [4.78, 5) is 0. The van der Waals surface area contributed by atoms with Gasteiger partial charge < -0.3 is 0 Å². The van der Waals surface area contributed by atoms with Crippen molar-refractivity contribution in [2.45, 2.75) is 26.9 Å². The molecule has 0 unspecified atom stereocenters. The van der Waals surface area contributed by atoms with Gasteiger partial charge in [0.05, 0.1) is 16.7 Å². The minimum atomic E-state index is -4.42. The highest BCUT2D eigenvalue weighted by molar-refractivity contribution is 5.76. The Kier molecular flexibility index (Phi) is 4.81. The summed E-state index contributed by atoms with van der Waals surface area (Å²) in [6.07, 6.45) is -0.704. The predicted octanol–water partition coefficient (Wildman–Crippen LogP) is 4.61. The zero-order valence-electron chi connectivity index (χ0n) is 16.1. The van der Waals surface area contributed by atoms with Crippen molar-refractivity contribution in [3.8, 4) is 22.5 Å². The second-order valence-corrected chi connectivity index (χ2v) is 7.00. The maximum absolute atomic E-state index is 13.7. The molecule has 0 aliphatic rings. The fraction of sp³-hybridized carbons (Fsp3) is 0.273. The van der Waals surface area contributed by atoms with Gasteiger partial charge in [0.25, 0.3) is 0 Å². The van der Waals surface area contributed by atoms with Gasteiger partial charge in [0, 0.05) is 23.3 Å². The van der Waals surface area contributed by atoms with E-state index in [-0.39, 0.29) is 0 Å². The van der Waals surface area contributed by atoms with Crippen LogP contribution in [0.2, 0.25) is 0 Å². The molecule has 1 aromatic carbocycles. The van der Waals surface area contributed by atoms with Crippen molar-refractivity contribution in [3.63, 3.8) is 0 Å². The normalized spacial score (nSPS) is 11.7. The van der Waals surface area contributed by atoms with Gasteiger partial charge in [-0.3, -0.25) is 0 Å². The first-order valence-corrected chi connectivity index (χ1v) is 8.74. The molecule has 0 N–H and O–H groups in total. The number of aryl methyl sites for hydroxylation is 4. The number of hydrogen-bond donors (Lipinski definition) is 0. The number of halogens is 3. The van der Waals surface area contributed by atoms with E-state index in [0.717, 1.165) is 28.1 Å². The third-order valence-corrected chi connectivity index (χ3v) is 5.01. The van der Waals surface area contributed by atoms with Crippen molar-refractivity contribution < 1.29 is 22.3 Å². The Morgan fingerprint density at radius 2 is 1.15 bits per heavy atom. The Morgan fingerprint density at radius 3 is 1.48 bits per heavy atom. The number of pyridine rings is 2. The van der Waals surface area contributed by atoms with Crippen LogP contribution < -0.4 is 9.13 Å². The number of hydrogen-bond acceptors (Lipinski definition) is 0.